The molecule has 27 heavy (non-hydrogen) atoms. The highest BCUT2D eigenvalue weighted by atomic mass is 35.5. The van der Waals surface area contributed by atoms with Gasteiger partial charge in [-0.25, -0.2) is 0 Å². The van der Waals surface area contributed by atoms with E-state index in [9.17, 15) is 4.79 Å². The number of fused-ring (bicyclic) bond motifs is 1. The van der Waals surface area contributed by atoms with Crippen molar-refractivity contribution in [3.05, 3.63) is 51.3 Å². The van der Waals surface area contributed by atoms with Crippen LogP contribution in [0.1, 0.15) is 24.8 Å². The summed E-state index contributed by atoms with van der Waals surface area (Å²) in [4.78, 5) is 14.6. The van der Waals surface area contributed by atoms with Crippen molar-refractivity contribution in [1.29, 1.82) is 0 Å². The molecule has 142 valence electrons. The Hall–Kier alpha value is -2.24. The van der Waals surface area contributed by atoms with Crippen LogP contribution >= 0.6 is 11.6 Å². The van der Waals surface area contributed by atoms with Crippen molar-refractivity contribution in [2.24, 2.45) is 0 Å². The van der Waals surface area contributed by atoms with Crippen LogP contribution in [0.25, 0.3) is 22.5 Å². The lowest BCUT2D eigenvalue weighted by Gasteiger charge is -2.23. The highest BCUT2D eigenvalue weighted by Gasteiger charge is 2.21. The number of rotatable bonds is 5. The largest absolute Gasteiger partial charge is 0.480 e. The SMILES string of the molecule is Cc1cc2oc(-c3ccco3)c(OCC[NH+]3CCCCC3)c(=O)c2cc1Cl. The minimum Gasteiger partial charge on any atom is -0.480 e. The average Bonchev–Trinajstić information content (AvgIpc) is 3.20. The molecule has 3 heterocycles. The maximum Gasteiger partial charge on any atom is 0.235 e. The van der Waals surface area contributed by atoms with E-state index in [-0.39, 0.29) is 11.2 Å². The number of nitrogens with one attached hydrogen (secondary N) is 1. The smallest absolute Gasteiger partial charge is 0.235 e. The first-order chi connectivity index (χ1) is 13.1. The zero-order chi connectivity index (χ0) is 18.8. The molecule has 1 fully saturated rings. The molecule has 4 rings (SSSR count). The Balaban J connectivity index is 1.70. The first-order valence-corrected chi connectivity index (χ1v) is 9.78. The summed E-state index contributed by atoms with van der Waals surface area (Å²) in [6, 6.07) is 6.93. The van der Waals surface area contributed by atoms with Gasteiger partial charge in [-0.15, -0.1) is 0 Å². The first-order valence-electron chi connectivity index (χ1n) is 9.40. The van der Waals surface area contributed by atoms with Crippen LogP contribution in [-0.2, 0) is 0 Å². The molecule has 0 amide bonds. The van der Waals surface area contributed by atoms with Crippen LogP contribution in [0.2, 0.25) is 5.02 Å². The van der Waals surface area contributed by atoms with Crippen LogP contribution in [0.3, 0.4) is 0 Å². The van der Waals surface area contributed by atoms with Crippen LogP contribution in [0.5, 0.6) is 5.75 Å². The fourth-order valence-corrected chi connectivity index (χ4v) is 3.76. The number of quaternary nitrogens is 1. The molecule has 0 aliphatic carbocycles. The third-order valence-electron chi connectivity index (χ3n) is 5.14. The topological polar surface area (TPSA) is 57.0 Å². The molecule has 0 saturated carbocycles. The van der Waals surface area contributed by atoms with Crippen LogP contribution in [0, 0.1) is 6.92 Å². The molecule has 0 atom stereocenters. The Morgan fingerprint density at radius 2 is 2.04 bits per heavy atom. The van der Waals surface area contributed by atoms with E-state index in [0.717, 1.165) is 25.2 Å². The van der Waals surface area contributed by atoms with Gasteiger partial charge in [0.2, 0.25) is 16.9 Å². The zero-order valence-electron chi connectivity index (χ0n) is 15.3. The fraction of sp³-hybridized carbons (Fsp3) is 0.381. The van der Waals surface area contributed by atoms with Crippen LogP contribution < -0.4 is 15.1 Å². The van der Waals surface area contributed by atoms with Crippen molar-refractivity contribution in [1.82, 2.24) is 0 Å². The second-order valence-electron chi connectivity index (χ2n) is 7.07. The summed E-state index contributed by atoms with van der Waals surface area (Å²) in [7, 11) is 0. The standard InChI is InChI=1S/C21H22ClNO4/c1-14-12-18-15(13-16(14)22)19(24)21(20(27-18)17-6-5-10-25-17)26-11-9-23-7-3-2-4-8-23/h5-6,10,12-13H,2-4,7-9,11H2,1H3/p+1. The van der Waals surface area contributed by atoms with Crippen molar-refractivity contribution in [3.8, 4) is 17.3 Å². The van der Waals surface area contributed by atoms with E-state index in [1.165, 1.54) is 24.2 Å². The highest BCUT2D eigenvalue weighted by Crippen LogP contribution is 2.32. The number of ether oxygens (including phenoxy) is 1. The van der Waals surface area contributed by atoms with Crippen LogP contribution in [0.4, 0.5) is 0 Å². The van der Waals surface area contributed by atoms with Gasteiger partial charge in [0.25, 0.3) is 0 Å². The highest BCUT2D eigenvalue weighted by molar-refractivity contribution is 6.32. The zero-order valence-corrected chi connectivity index (χ0v) is 16.1. The molecule has 3 aromatic rings. The van der Waals surface area contributed by atoms with E-state index in [4.69, 9.17) is 25.2 Å². The molecule has 1 saturated heterocycles. The van der Waals surface area contributed by atoms with Gasteiger partial charge in [-0.05, 0) is 56.0 Å². The second kappa shape index (κ2) is 7.79. The molecule has 2 aromatic heterocycles. The molecule has 0 unspecified atom stereocenters. The Kier molecular flexibility index (Phi) is 5.23. The summed E-state index contributed by atoms with van der Waals surface area (Å²) in [6.07, 6.45) is 5.36. The maximum absolute atomic E-state index is 13.1. The van der Waals surface area contributed by atoms with Crippen LogP contribution in [0.15, 0.2) is 44.2 Å². The summed E-state index contributed by atoms with van der Waals surface area (Å²) < 4.78 is 17.4. The predicted octanol–water partition coefficient (Wildman–Crippen LogP) is 3.46. The van der Waals surface area contributed by atoms with E-state index in [1.54, 1.807) is 30.5 Å². The molecule has 5 nitrogen and oxygen atoms in total. The third-order valence-corrected chi connectivity index (χ3v) is 5.54. The Labute approximate surface area is 162 Å². The lowest BCUT2D eigenvalue weighted by atomic mass is 10.1. The van der Waals surface area contributed by atoms with Gasteiger partial charge >= 0.3 is 0 Å². The number of benzene rings is 1. The third kappa shape index (κ3) is 3.75. The molecule has 1 aliphatic heterocycles. The van der Waals surface area contributed by atoms with Gasteiger partial charge in [0.05, 0.1) is 24.7 Å². The molecule has 0 bridgehead atoms. The first kappa shape index (κ1) is 18.1. The van der Waals surface area contributed by atoms with Gasteiger partial charge in [-0.1, -0.05) is 11.6 Å². The van der Waals surface area contributed by atoms with Crippen LogP contribution in [-0.4, -0.2) is 26.2 Å². The van der Waals surface area contributed by atoms with E-state index < -0.39 is 0 Å². The molecule has 0 spiro atoms. The van der Waals surface area contributed by atoms with Gasteiger partial charge in [0.15, 0.2) is 5.76 Å². The van der Waals surface area contributed by atoms with Gasteiger partial charge in [-0.3, -0.25) is 4.79 Å². The lowest BCUT2D eigenvalue weighted by Crippen LogP contribution is -3.13. The number of hydrogen-bond acceptors (Lipinski definition) is 4. The Morgan fingerprint density at radius 1 is 1.22 bits per heavy atom. The second-order valence-corrected chi connectivity index (χ2v) is 7.48. The molecular formula is C21H23ClNO4+. The molecule has 1 aliphatic rings. The quantitative estimate of drug-likeness (QED) is 0.727. The predicted molar refractivity (Wildman–Crippen MR) is 105 cm³/mol. The number of furan rings is 1. The van der Waals surface area contributed by atoms with Gasteiger partial charge in [0, 0.05) is 5.02 Å². The number of likely N-dealkylation sites (tertiary alicyclic amines) is 1. The minimum atomic E-state index is -0.224. The van der Waals surface area contributed by atoms with Gasteiger partial charge in [-0.2, -0.15) is 0 Å². The monoisotopic (exact) mass is 388 g/mol. The van der Waals surface area contributed by atoms with E-state index in [2.05, 4.69) is 0 Å². The van der Waals surface area contributed by atoms with E-state index >= 15 is 0 Å². The molecule has 1 N–H and O–H groups in total. The Morgan fingerprint density at radius 3 is 2.78 bits per heavy atom. The molecule has 6 heteroatoms. The molecule has 0 radical (unpaired) electrons. The Bertz CT molecular complexity index is 988. The summed E-state index contributed by atoms with van der Waals surface area (Å²) in [5, 5.41) is 0.950. The number of hydrogen-bond donors (Lipinski definition) is 1. The lowest BCUT2D eigenvalue weighted by molar-refractivity contribution is -0.904. The van der Waals surface area contributed by atoms with Gasteiger partial charge in [0.1, 0.15) is 18.7 Å². The van der Waals surface area contributed by atoms with Crippen molar-refractivity contribution < 1.29 is 18.5 Å². The number of aryl methyl sites for hydroxylation is 1. The summed E-state index contributed by atoms with van der Waals surface area (Å²) in [5.41, 5.74) is 1.10. The van der Waals surface area contributed by atoms with E-state index in [0.29, 0.717) is 34.1 Å². The average molecular weight is 389 g/mol. The molecular weight excluding hydrogens is 366 g/mol. The van der Waals surface area contributed by atoms with Crippen molar-refractivity contribution in [2.75, 3.05) is 26.2 Å². The minimum absolute atomic E-state index is 0.189. The van der Waals surface area contributed by atoms with Crippen molar-refractivity contribution in [2.45, 2.75) is 26.2 Å². The van der Waals surface area contributed by atoms with Crippen molar-refractivity contribution in [3.63, 3.8) is 0 Å². The summed E-state index contributed by atoms with van der Waals surface area (Å²) in [5.74, 6) is 0.989. The summed E-state index contributed by atoms with van der Waals surface area (Å²) >= 11 is 6.21. The molecule has 1 aromatic carbocycles. The number of halogens is 1. The van der Waals surface area contributed by atoms with E-state index in [1.807, 2.05) is 6.92 Å². The van der Waals surface area contributed by atoms with Gasteiger partial charge < -0.3 is 18.5 Å². The van der Waals surface area contributed by atoms with Crippen molar-refractivity contribution >= 4 is 22.6 Å². The normalized spacial score (nSPS) is 15.3. The fourth-order valence-electron chi connectivity index (χ4n) is 3.60. The summed E-state index contributed by atoms with van der Waals surface area (Å²) in [6.45, 7) is 5.52. The maximum atomic E-state index is 13.1. The number of piperidine rings is 1.